The highest BCUT2D eigenvalue weighted by atomic mass is 79.9. The Hall–Kier alpha value is -5.52. The van der Waals surface area contributed by atoms with Gasteiger partial charge in [0.15, 0.2) is 11.4 Å². The molecule has 0 saturated carbocycles. The van der Waals surface area contributed by atoms with Crippen LogP contribution in [0.4, 0.5) is 0 Å². The lowest BCUT2D eigenvalue weighted by Gasteiger charge is -2.09. The number of furan rings is 1. The Bertz CT molecular complexity index is 2530. The van der Waals surface area contributed by atoms with Crippen molar-refractivity contribution in [3.05, 3.63) is 144 Å². The van der Waals surface area contributed by atoms with Crippen molar-refractivity contribution in [3.63, 3.8) is 0 Å². The van der Waals surface area contributed by atoms with Crippen molar-refractivity contribution >= 4 is 59.8 Å². The first-order chi connectivity index (χ1) is 22.2. The van der Waals surface area contributed by atoms with Crippen LogP contribution in [-0.4, -0.2) is 15.0 Å². The van der Waals surface area contributed by atoms with E-state index in [0.717, 1.165) is 70.9 Å². The number of nitrogens with one attached hydrogen (secondary N) is 1. The number of aromatic amines is 1. The Labute approximate surface area is 267 Å². The fraction of sp³-hybridized carbons (Fsp3) is 0. The monoisotopic (exact) mass is 641 g/mol. The van der Waals surface area contributed by atoms with Gasteiger partial charge >= 0.3 is 0 Å². The molecule has 0 radical (unpaired) electrons. The van der Waals surface area contributed by atoms with E-state index in [9.17, 15) is 0 Å². The third-order valence-electron chi connectivity index (χ3n) is 8.51. The molecular weight excluding hydrogens is 618 g/mol. The number of hydrogen-bond donors (Lipinski definition) is 1. The number of fused-ring (bicyclic) bond motifs is 6. The van der Waals surface area contributed by atoms with E-state index in [4.69, 9.17) is 14.4 Å². The van der Waals surface area contributed by atoms with Crippen molar-refractivity contribution < 1.29 is 4.42 Å². The highest BCUT2D eigenvalue weighted by Gasteiger charge is 2.20. The van der Waals surface area contributed by atoms with Crippen LogP contribution in [-0.2, 0) is 0 Å². The molecule has 0 aliphatic heterocycles. The predicted molar refractivity (Wildman–Crippen MR) is 188 cm³/mol. The number of benzene rings is 6. The number of nitrogens with zero attached hydrogens (tertiary/aromatic N) is 2. The van der Waals surface area contributed by atoms with Gasteiger partial charge in [-0.15, -0.1) is 0 Å². The summed E-state index contributed by atoms with van der Waals surface area (Å²) in [6.45, 7) is 0. The normalized spacial score (nSPS) is 11.7. The lowest BCUT2D eigenvalue weighted by atomic mass is 10.0. The van der Waals surface area contributed by atoms with Gasteiger partial charge in [0.05, 0.1) is 5.52 Å². The Balaban J connectivity index is 1.25. The molecule has 9 aromatic rings. The molecule has 0 aliphatic rings. The van der Waals surface area contributed by atoms with Gasteiger partial charge in [-0.2, -0.15) is 0 Å². The topological polar surface area (TPSA) is 54.7 Å². The summed E-state index contributed by atoms with van der Waals surface area (Å²) >= 11 is 3.60. The number of halogens is 1. The maximum atomic E-state index is 6.59. The molecule has 0 amide bonds. The Kier molecular flexibility index (Phi) is 5.93. The van der Waals surface area contributed by atoms with Gasteiger partial charge in [-0.3, -0.25) is 0 Å². The van der Waals surface area contributed by atoms with Gasteiger partial charge in [-0.25, -0.2) is 9.97 Å². The Morgan fingerprint density at radius 3 is 1.96 bits per heavy atom. The van der Waals surface area contributed by atoms with Crippen LogP contribution in [0.15, 0.2) is 148 Å². The van der Waals surface area contributed by atoms with Crippen molar-refractivity contribution in [2.24, 2.45) is 0 Å². The smallest absolute Gasteiger partial charge is 0.180 e. The molecular formula is C40H24BrN3O. The summed E-state index contributed by atoms with van der Waals surface area (Å²) in [7, 11) is 0. The zero-order valence-corrected chi connectivity index (χ0v) is 25.5. The van der Waals surface area contributed by atoms with E-state index in [0.29, 0.717) is 11.4 Å². The standard InChI is InChI=1S/C40H24BrN3O/c41-30-10-6-9-29(21-30)26-13-17-27(18-14-26)37-39-38(33-22-32-31-11-4-5-12-34(31)42-35(32)23-36(33)45-39)44-40(43-37)28-19-15-25(16-20-28)24-7-2-1-3-8-24/h1-23,42H. The zero-order chi connectivity index (χ0) is 29.9. The second kappa shape index (κ2) is 10.3. The second-order valence-electron chi connectivity index (χ2n) is 11.3. The van der Waals surface area contributed by atoms with Gasteiger partial charge in [0.2, 0.25) is 0 Å². The molecule has 0 spiro atoms. The molecule has 0 saturated heterocycles. The maximum absolute atomic E-state index is 6.59. The van der Waals surface area contributed by atoms with Crippen molar-refractivity contribution in [1.29, 1.82) is 0 Å². The van der Waals surface area contributed by atoms with Crippen LogP contribution in [0.3, 0.4) is 0 Å². The fourth-order valence-corrected chi connectivity index (χ4v) is 6.64. The van der Waals surface area contributed by atoms with Gasteiger partial charge in [-0.1, -0.05) is 125 Å². The van der Waals surface area contributed by atoms with Crippen molar-refractivity contribution in [1.82, 2.24) is 15.0 Å². The number of H-pyrrole nitrogens is 1. The molecule has 6 aromatic carbocycles. The molecule has 0 unspecified atom stereocenters. The summed E-state index contributed by atoms with van der Waals surface area (Å²) in [6, 6.07) is 48.4. The van der Waals surface area contributed by atoms with Gasteiger partial charge in [0.25, 0.3) is 0 Å². The summed E-state index contributed by atoms with van der Waals surface area (Å²) in [6.07, 6.45) is 0. The molecule has 4 nitrogen and oxygen atoms in total. The molecule has 1 N–H and O–H groups in total. The highest BCUT2D eigenvalue weighted by Crippen LogP contribution is 2.39. The zero-order valence-electron chi connectivity index (χ0n) is 24.0. The average Bonchev–Trinajstić information content (AvgIpc) is 3.64. The number of aromatic nitrogens is 3. The first-order valence-electron chi connectivity index (χ1n) is 14.8. The van der Waals surface area contributed by atoms with Crippen LogP contribution in [0, 0.1) is 0 Å². The molecule has 3 aromatic heterocycles. The number of hydrogen-bond acceptors (Lipinski definition) is 3. The molecule has 9 rings (SSSR count). The largest absolute Gasteiger partial charge is 0.452 e. The summed E-state index contributed by atoms with van der Waals surface area (Å²) in [5.74, 6) is 0.662. The van der Waals surface area contributed by atoms with Crippen LogP contribution in [0.5, 0.6) is 0 Å². The second-order valence-corrected chi connectivity index (χ2v) is 12.2. The van der Waals surface area contributed by atoms with E-state index in [2.05, 4.69) is 142 Å². The Morgan fingerprint density at radius 2 is 1.16 bits per heavy atom. The first kappa shape index (κ1) is 25.9. The van der Waals surface area contributed by atoms with Crippen LogP contribution >= 0.6 is 15.9 Å². The number of para-hydroxylation sites is 1. The Morgan fingerprint density at radius 1 is 0.489 bits per heavy atom. The highest BCUT2D eigenvalue weighted by molar-refractivity contribution is 9.10. The minimum Gasteiger partial charge on any atom is -0.452 e. The molecule has 45 heavy (non-hydrogen) atoms. The van der Waals surface area contributed by atoms with Crippen molar-refractivity contribution in [2.45, 2.75) is 0 Å². The van der Waals surface area contributed by atoms with Gasteiger partial charge < -0.3 is 9.40 Å². The molecule has 0 fully saturated rings. The summed E-state index contributed by atoms with van der Waals surface area (Å²) in [4.78, 5) is 13.8. The van der Waals surface area contributed by atoms with E-state index in [1.165, 1.54) is 10.9 Å². The first-order valence-corrected chi connectivity index (χ1v) is 15.6. The van der Waals surface area contributed by atoms with Gasteiger partial charge in [0, 0.05) is 43.3 Å². The predicted octanol–water partition coefficient (Wildman–Crippen LogP) is 11.4. The van der Waals surface area contributed by atoms with E-state index < -0.39 is 0 Å². The van der Waals surface area contributed by atoms with Crippen LogP contribution in [0.25, 0.3) is 88.8 Å². The quantitative estimate of drug-likeness (QED) is 0.208. The van der Waals surface area contributed by atoms with E-state index >= 15 is 0 Å². The molecule has 212 valence electrons. The lowest BCUT2D eigenvalue weighted by Crippen LogP contribution is -1.94. The molecule has 0 bridgehead atoms. The van der Waals surface area contributed by atoms with E-state index in [1.54, 1.807) is 0 Å². The lowest BCUT2D eigenvalue weighted by molar-refractivity contribution is 0.667. The third-order valence-corrected chi connectivity index (χ3v) is 9.00. The average molecular weight is 643 g/mol. The maximum Gasteiger partial charge on any atom is 0.180 e. The van der Waals surface area contributed by atoms with Gasteiger partial charge in [-0.05, 0) is 46.5 Å². The fourth-order valence-electron chi connectivity index (χ4n) is 6.24. The minimum absolute atomic E-state index is 0.662. The molecule has 0 aliphatic carbocycles. The van der Waals surface area contributed by atoms with Crippen molar-refractivity contribution in [2.75, 3.05) is 0 Å². The number of rotatable bonds is 4. The SMILES string of the molecule is Brc1cccc(-c2ccc(-c3nc(-c4ccc(-c5ccccc5)cc4)nc4c3oc3cc5[nH]c6ccccc6c5cc34)cc2)c1. The van der Waals surface area contributed by atoms with Crippen LogP contribution in [0.2, 0.25) is 0 Å². The van der Waals surface area contributed by atoms with Crippen LogP contribution in [0.1, 0.15) is 0 Å². The summed E-state index contributed by atoms with van der Waals surface area (Å²) < 4.78 is 7.64. The summed E-state index contributed by atoms with van der Waals surface area (Å²) in [5.41, 5.74) is 11.7. The van der Waals surface area contributed by atoms with E-state index in [1.807, 2.05) is 18.2 Å². The molecule has 5 heteroatoms. The molecule has 0 atom stereocenters. The van der Waals surface area contributed by atoms with Gasteiger partial charge in [0.1, 0.15) is 16.8 Å². The third kappa shape index (κ3) is 4.43. The molecule has 3 heterocycles. The van der Waals surface area contributed by atoms with Crippen LogP contribution < -0.4 is 0 Å². The van der Waals surface area contributed by atoms with Crippen molar-refractivity contribution in [3.8, 4) is 44.9 Å². The van der Waals surface area contributed by atoms with E-state index in [-0.39, 0.29) is 0 Å². The minimum atomic E-state index is 0.662. The summed E-state index contributed by atoms with van der Waals surface area (Å²) in [5, 5.41) is 3.30.